The van der Waals surface area contributed by atoms with Gasteiger partial charge in [0.15, 0.2) is 17.3 Å². The van der Waals surface area contributed by atoms with E-state index >= 15 is 0 Å². The lowest BCUT2D eigenvalue weighted by molar-refractivity contribution is 0.208. The largest absolute Gasteiger partial charge is 0.493 e. The van der Waals surface area contributed by atoms with Crippen LogP contribution in [-0.2, 0) is 0 Å². The van der Waals surface area contributed by atoms with Gasteiger partial charge in [0, 0.05) is 43.9 Å². The lowest BCUT2D eigenvalue weighted by Crippen LogP contribution is -2.50. The molecular weight excluding hydrogens is 458 g/mol. The Kier molecular flexibility index (Phi) is 7.22. The van der Waals surface area contributed by atoms with Crippen LogP contribution in [0, 0.1) is 0 Å². The van der Waals surface area contributed by atoms with Crippen molar-refractivity contribution in [3.63, 3.8) is 0 Å². The predicted molar refractivity (Wildman–Crippen MR) is 131 cm³/mol. The minimum absolute atomic E-state index is 0.200. The number of hydrogen-bond acceptors (Lipinski definition) is 7. The number of halogens is 1. The second-order valence-electron chi connectivity index (χ2n) is 7.57. The molecule has 2 heterocycles. The molecule has 1 fully saturated rings. The van der Waals surface area contributed by atoms with E-state index in [1.54, 1.807) is 17.0 Å². The first-order chi connectivity index (χ1) is 16.5. The second-order valence-corrected chi connectivity index (χ2v) is 7.98. The van der Waals surface area contributed by atoms with Crippen molar-refractivity contribution in [2.24, 2.45) is 0 Å². The van der Waals surface area contributed by atoms with E-state index in [1.807, 2.05) is 36.4 Å². The average molecular weight is 484 g/mol. The third kappa shape index (κ3) is 4.94. The molecule has 2 amide bonds. The van der Waals surface area contributed by atoms with Crippen LogP contribution in [0.15, 0.2) is 48.5 Å². The highest BCUT2D eigenvalue weighted by Crippen LogP contribution is 2.40. The first kappa shape index (κ1) is 23.4. The Balaban J connectivity index is 1.37. The molecule has 1 aliphatic rings. The van der Waals surface area contributed by atoms with E-state index in [9.17, 15) is 4.79 Å². The number of urea groups is 1. The van der Waals surface area contributed by atoms with Gasteiger partial charge in [0.2, 0.25) is 5.75 Å². The molecule has 10 heteroatoms. The predicted octanol–water partition coefficient (Wildman–Crippen LogP) is 4.18. The van der Waals surface area contributed by atoms with Crippen molar-refractivity contribution >= 4 is 29.1 Å². The summed E-state index contributed by atoms with van der Waals surface area (Å²) in [6.45, 7) is 2.37. The van der Waals surface area contributed by atoms with Gasteiger partial charge in [0.05, 0.1) is 37.7 Å². The molecule has 0 saturated carbocycles. The van der Waals surface area contributed by atoms with E-state index in [0.29, 0.717) is 54.1 Å². The number of ether oxygens (including phenoxy) is 3. The molecule has 0 spiro atoms. The Bertz CT molecular complexity index is 1130. The number of carbonyl (C=O) groups excluding carboxylic acids is 1. The molecule has 2 aromatic carbocycles. The topological polar surface area (TPSA) is 89.1 Å². The summed E-state index contributed by atoms with van der Waals surface area (Å²) in [5.74, 6) is 2.18. The molecule has 0 aliphatic carbocycles. The van der Waals surface area contributed by atoms with Gasteiger partial charge in [0.25, 0.3) is 0 Å². The number of amides is 2. The van der Waals surface area contributed by atoms with Crippen LogP contribution in [0.1, 0.15) is 0 Å². The third-order valence-electron chi connectivity index (χ3n) is 5.61. The highest BCUT2D eigenvalue weighted by atomic mass is 35.5. The fourth-order valence-electron chi connectivity index (χ4n) is 3.80. The summed E-state index contributed by atoms with van der Waals surface area (Å²) in [7, 11) is 4.60. The van der Waals surface area contributed by atoms with Crippen LogP contribution in [0.25, 0.3) is 11.3 Å². The number of rotatable bonds is 6. The first-order valence-electron chi connectivity index (χ1n) is 10.7. The maximum Gasteiger partial charge on any atom is 0.321 e. The number of benzene rings is 2. The Morgan fingerprint density at radius 2 is 1.59 bits per heavy atom. The number of methoxy groups -OCH3 is 3. The third-order valence-corrected chi connectivity index (χ3v) is 5.94. The van der Waals surface area contributed by atoms with Crippen LogP contribution in [0.4, 0.5) is 16.3 Å². The van der Waals surface area contributed by atoms with Crippen LogP contribution in [-0.4, -0.2) is 68.6 Å². The Morgan fingerprint density at radius 1 is 0.912 bits per heavy atom. The lowest BCUT2D eigenvalue weighted by atomic mass is 10.1. The van der Waals surface area contributed by atoms with Gasteiger partial charge in [-0.25, -0.2) is 4.79 Å². The van der Waals surface area contributed by atoms with Crippen LogP contribution in [0.2, 0.25) is 5.02 Å². The average Bonchev–Trinajstić information content (AvgIpc) is 2.88. The van der Waals surface area contributed by atoms with Crippen LogP contribution < -0.4 is 24.4 Å². The fraction of sp³-hybridized carbons (Fsp3) is 0.292. The zero-order chi connectivity index (χ0) is 24.1. The number of aromatic nitrogens is 2. The van der Waals surface area contributed by atoms with Gasteiger partial charge in [-0.2, -0.15) is 0 Å². The molecule has 1 saturated heterocycles. The summed E-state index contributed by atoms with van der Waals surface area (Å²) < 4.78 is 16.0. The van der Waals surface area contributed by atoms with Gasteiger partial charge >= 0.3 is 6.03 Å². The molecular formula is C24H26ClN5O4. The standard InChI is InChI=1S/C24H26ClN5O4/c1-32-20-14-16(15-21(33-2)23(20)34-3)26-24(31)30-12-10-29(11-13-30)22-9-8-19(27-28-22)17-6-4-5-7-18(17)25/h4-9,14-15H,10-13H2,1-3H3,(H,26,31). The maximum absolute atomic E-state index is 12.8. The molecule has 3 aromatic rings. The Labute approximate surface area is 203 Å². The number of anilines is 2. The highest BCUT2D eigenvalue weighted by molar-refractivity contribution is 6.33. The molecule has 1 aliphatic heterocycles. The van der Waals surface area contributed by atoms with E-state index in [0.717, 1.165) is 17.1 Å². The molecule has 0 radical (unpaired) electrons. The molecule has 178 valence electrons. The number of nitrogens with zero attached hydrogens (tertiary/aromatic N) is 4. The second kappa shape index (κ2) is 10.5. The van der Waals surface area contributed by atoms with Crippen molar-refractivity contribution in [1.29, 1.82) is 0 Å². The van der Waals surface area contributed by atoms with Gasteiger partial charge in [-0.15, -0.1) is 10.2 Å². The van der Waals surface area contributed by atoms with E-state index in [2.05, 4.69) is 20.4 Å². The first-order valence-corrected chi connectivity index (χ1v) is 11.1. The molecule has 34 heavy (non-hydrogen) atoms. The lowest BCUT2D eigenvalue weighted by Gasteiger charge is -2.35. The molecule has 1 N–H and O–H groups in total. The maximum atomic E-state index is 12.8. The molecule has 0 unspecified atom stereocenters. The van der Waals surface area contributed by atoms with Crippen molar-refractivity contribution in [3.05, 3.63) is 53.6 Å². The minimum atomic E-state index is -0.200. The van der Waals surface area contributed by atoms with Gasteiger partial charge in [-0.05, 0) is 18.2 Å². The number of carbonyl (C=O) groups is 1. The molecule has 1 aromatic heterocycles. The Hall–Kier alpha value is -3.72. The molecule has 9 nitrogen and oxygen atoms in total. The van der Waals surface area contributed by atoms with Gasteiger partial charge in [-0.1, -0.05) is 29.8 Å². The Morgan fingerprint density at radius 3 is 2.15 bits per heavy atom. The molecule has 0 atom stereocenters. The summed E-state index contributed by atoms with van der Waals surface area (Å²) in [4.78, 5) is 16.7. The quantitative estimate of drug-likeness (QED) is 0.562. The van der Waals surface area contributed by atoms with E-state index in [4.69, 9.17) is 25.8 Å². The summed E-state index contributed by atoms with van der Waals surface area (Å²) in [6.07, 6.45) is 0. The van der Waals surface area contributed by atoms with Crippen molar-refractivity contribution < 1.29 is 19.0 Å². The van der Waals surface area contributed by atoms with Crippen molar-refractivity contribution in [2.45, 2.75) is 0 Å². The summed E-state index contributed by atoms with van der Waals surface area (Å²) in [5.41, 5.74) is 2.12. The van der Waals surface area contributed by atoms with E-state index in [1.165, 1.54) is 21.3 Å². The van der Waals surface area contributed by atoms with E-state index < -0.39 is 0 Å². The van der Waals surface area contributed by atoms with E-state index in [-0.39, 0.29) is 6.03 Å². The SMILES string of the molecule is COc1cc(NC(=O)N2CCN(c3ccc(-c4ccccc4Cl)nn3)CC2)cc(OC)c1OC. The molecule has 0 bridgehead atoms. The summed E-state index contributed by atoms with van der Waals surface area (Å²) in [5, 5.41) is 12.3. The fourth-order valence-corrected chi connectivity index (χ4v) is 4.03. The zero-order valence-electron chi connectivity index (χ0n) is 19.2. The highest BCUT2D eigenvalue weighted by Gasteiger charge is 2.23. The van der Waals surface area contributed by atoms with Gasteiger partial charge in [0.1, 0.15) is 0 Å². The number of piperazine rings is 1. The molecule has 4 rings (SSSR count). The van der Waals surface area contributed by atoms with Crippen molar-refractivity contribution in [3.8, 4) is 28.5 Å². The van der Waals surface area contributed by atoms with Crippen molar-refractivity contribution in [2.75, 3.05) is 57.7 Å². The smallest absolute Gasteiger partial charge is 0.321 e. The summed E-state index contributed by atoms with van der Waals surface area (Å²) >= 11 is 6.26. The van der Waals surface area contributed by atoms with Crippen molar-refractivity contribution in [1.82, 2.24) is 15.1 Å². The monoisotopic (exact) mass is 483 g/mol. The number of hydrogen-bond donors (Lipinski definition) is 1. The van der Waals surface area contributed by atoms with Crippen LogP contribution in [0.5, 0.6) is 17.2 Å². The van der Waals surface area contributed by atoms with Gasteiger partial charge < -0.3 is 29.3 Å². The number of nitrogens with one attached hydrogen (secondary N) is 1. The summed E-state index contributed by atoms with van der Waals surface area (Å²) in [6, 6.07) is 14.6. The normalized spacial score (nSPS) is 13.4. The van der Waals surface area contributed by atoms with Gasteiger partial charge in [-0.3, -0.25) is 0 Å². The zero-order valence-corrected chi connectivity index (χ0v) is 20.0. The minimum Gasteiger partial charge on any atom is -0.493 e. The van der Waals surface area contributed by atoms with Crippen LogP contribution in [0.3, 0.4) is 0 Å². The van der Waals surface area contributed by atoms with Crippen LogP contribution >= 0.6 is 11.6 Å².